The van der Waals surface area contributed by atoms with Gasteiger partial charge >= 0.3 is 5.97 Å². The molecular formula is C13H20N2O4S. The number of methoxy groups -OCH3 is 1. The lowest BCUT2D eigenvalue weighted by atomic mass is 10.2. The lowest BCUT2D eigenvalue weighted by Crippen LogP contribution is -2.10. The highest BCUT2D eigenvalue weighted by molar-refractivity contribution is 7.19. The van der Waals surface area contributed by atoms with Gasteiger partial charge in [-0.2, -0.15) is 0 Å². The minimum absolute atomic E-state index is 0.167. The number of hydrogen-bond acceptors (Lipinski definition) is 7. The first kappa shape index (κ1) is 16.5. The molecule has 1 aromatic heterocycles. The van der Waals surface area contributed by atoms with Crippen LogP contribution in [-0.2, 0) is 9.47 Å². The molecule has 6 nitrogen and oxygen atoms in total. The predicted molar refractivity (Wildman–Crippen MR) is 79.7 cm³/mol. The molecule has 0 fully saturated rings. The molecule has 0 unspecified atom stereocenters. The summed E-state index contributed by atoms with van der Waals surface area (Å²) in [5.74, 6) is -0.710. The van der Waals surface area contributed by atoms with Gasteiger partial charge in [-0.15, -0.1) is 11.3 Å². The summed E-state index contributed by atoms with van der Waals surface area (Å²) in [5.41, 5.74) is 6.27. The van der Waals surface area contributed by atoms with Crippen LogP contribution in [0.25, 0.3) is 0 Å². The summed E-state index contributed by atoms with van der Waals surface area (Å²) < 4.78 is 9.94. The molecular weight excluding hydrogens is 280 g/mol. The fourth-order valence-electron chi connectivity index (χ4n) is 1.66. The van der Waals surface area contributed by atoms with Gasteiger partial charge in [0.2, 0.25) is 0 Å². The van der Waals surface area contributed by atoms with E-state index in [1.54, 1.807) is 0 Å². The molecule has 7 heteroatoms. The van der Waals surface area contributed by atoms with Crippen molar-refractivity contribution in [1.82, 2.24) is 0 Å². The number of carbonyl (C=O) groups excluding carboxylic acids is 2. The number of Topliss-reactive ketones (excluding diaryl/α,β-unsaturated/α-hetero) is 1. The molecule has 0 amide bonds. The van der Waals surface area contributed by atoms with E-state index in [0.717, 1.165) is 6.42 Å². The molecule has 0 saturated heterocycles. The minimum atomic E-state index is -0.543. The zero-order valence-electron chi connectivity index (χ0n) is 11.9. The summed E-state index contributed by atoms with van der Waals surface area (Å²) in [6, 6.07) is 0. The van der Waals surface area contributed by atoms with E-state index in [4.69, 9.17) is 15.2 Å². The summed E-state index contributed by atoms with van der Waals surface area (Å²) in [7, 11) is 1.28. The summed E-state index contributed by atoms with van der Waals surface area (Å²) in [6.07, 6.45) is 0.793. The first-order chi connectivity index (χ1) is 9.52. The molecule has 0 saturated carbocycles. The highest BCUT2D eigenvalue weighted by Crippen LogP contribution is 2.36. The first-order valence-corrected chi connectivity index (χ1v) is 7.17. The van der Waals surface area contributed by atoms with Crippen LogP contribution in [-0.4, -0.2) is 38.6 Å². The Bertz CT molecular complexity index is 485. The Kier molecular flexibility index (Phi) is 6.47. The van der Waals surface area contributed by atoms with Crippen LogP contribution in [0.1, 0.15) is 40.3 Å². The van der Waals surface area contributed by atoms with E-state index in [2.05, 4.69) is 5.32 Å². The zero-order chi connectivity index (χ0) is 15.1. The fraction of sp³-hybridized carbons (Fsp3) is 0.538. The van der Waals surface area contributed by atoms with Gasteiger partial charge in [0.15, 0.2) is 5.78 Å². The Morgan fingerprint density at radius 3 is 2.65 bits per heavy atom. The van der Waals surface area contributed by atoms with Crippen molar-refractivity contribution in [3.05, 3.63) is 10.4 Å². The highest BCUT2D eigenvalue weighted by atomic mass is 32.1. The third-order valence-electron chi connectivity index (χ3n) is 2.61. The molecule has 112 valence electrons. The second kappa shape index (κ2) is 7.86. The Labute approximate surface area is 122 Å². The number of nitrogens with one attached hydrogen (secondary N) is 1. The number of ketones is 1. The van der Waals surface area contributed by atoms with E-state index < -0.39 is 5.97 Å². The zero-order valence-corrected chi connectivity index (χ0v) is 12.8. The van der Waals surface area contributed by atoms with Gasteiger partial charge in [0, 0.05) is 26.7 Å². The topological polar surface area (TPSA) is 90.6 Å². The number of anilines is 2. The van der Waals surface area contributed by atoms with Crippen LogP contribution in [0.3, 0.4) is 0 Å². The lowest BCUT2D eigenvalue weighted by molar-refractivity contribution is 0.0603. The van der Waals surface area contributed by atoms with Gasteiger partial charge in [-0.25, -0.2) is 4.79 Å². The van der Waals surface area contributed by atoms with Crippen molar-refractivity contribution in [3.8, 4) is 0 Å². The van der Waals surface area contributed by atoms with Crippen molar-refractivity contribution in [2.45, 2.75) is 20.3 Å². The number of carbonyl (C=O) groups is 2. The number of esters is 1. The molecule has 0 bridgehead atoms. The Morgan fingerprint density at radius 1 is 1.40 bits per heavy atom. The van der Waals surface area contributed by atoms with Crippen LogP contribution < -0.4 is 11.1 Å². The maximum Gasteiger partial charge on any atom is 0.343 e. The number of rotatable bonds is 8. The van der Waals surface area contributed by atoms with Crippen LogP contribution >= 0.6 is 11.3 Å². The Balaban J connectivity index is 2.85. The van der Waals surface area contributed by atoms with Gasteiger partial charge in [-0.05, 0) is 13.3 Å². The molecule has 0 aliphatic heterocycles. The average molecular weight is 300 g/mol. The maximum atomic E-state index is 11.8. The summed E-state index contributed by atoms with van der Waals surface area (Å²) >= 11 is 1.17. The van der Waals surface area contributed by atoms with Crippen molar-refractivity contribution < 1.29 is 19.1 Å². The van der Waals surface area contributed by atoms with Crippen molar-refractivity contribution in [3.63, 3.8) is 0 Å². The number of nitrogens with two attached hydrogens (primary N) is 1. The van der Waals surface area contributed by atoms with Crippen molar-refractivity contribution in [1.29, 1.82) is 0 Å². The summed E-state index contributed by atoms with van der Waals surface area (Å²) in [4.78, 5) is 23.6. The largest absolute Gasteiger partial charge is 0.465 e. The maximum absolute atomic E-state index is 11.8. The minimum Gasteiger partial charge on any atom is -0.465 e. The summed E-state index contributed by atoms with van der Waals surface area (Å²) in [5, 5.41) is 3.67. The van der Waals surface area contributed by atoms with Gasteiger partial charge < -0.3 is 20.5 Å². The summed E-state index contributed by atoms with van der Waals surface area (Å²) in [6.45, 7) is 5.29. The Hall–Kier alpha value is -1.60. The third kappa shape index (κ3) is 3.94. The molecule has 0 spiro atoms. The smallest absolute Gasteiger partial charge is 0.343 e. The Morgan fingerprint density at radius 2 is 2.10 bits per heavy atom. The molecule has 20 heavy (non-hydrogen) atoms. The average Bonchev–Trinajstić information content (AvgIpc) is 2.75. The van der Waals surface area contributed by atoms with Crippen LogP contribution in [0.4, 0.5) is 10.7 Å². The number of nitrogen functional groups attached to an aromatic ring is 1. The molecule has 0 radical (unpaired) electrons. The van der Waals surface area contributed by atoms with Crippen LogP contribution in [0.5, 0.6) is 0 Å². The molecule has 0 aromatic carbocycles. The van der Waals surface area contributed by atoms with E-state index in [1.165, 1.54) is 25.4 Å². The quantitative estimate of drug-likeness (QED) is 0.434. The van der Waals surface area contributed by atoms with Gasteiger partial charge in [0.1, 0.15) is 10.6 Å². The van der Waals surface area contributed by atoms with Gasteiger partial charge in [0.25, 0.3) is 0 Å². The normalized spacial score (nSPS) is 10.3. The van der Waals surface area contributed by atoms with Gasteiger partial charge in [-0.3, -0.25) is 4.79 Å². The highest BCUT2D eigenvalue weighted by Gasteiger charge is 2.24. The molecule has 3 N–H and O–H groups in total. The van der Waals surface area contributed by atoms with E-state index in [-0.39, 0.29) is 17.0 Å². The predicted octanol–water partition coefficient (Wildman–Crippen LogP) is 2.16. The van der Waals surface area contributed by atoms with Crippen molar-refractivity contribution in [2.24, 2.45) is 0 Å². The van der Waals surface area contributed by atoms with Crippen LogP contribution in [0.2, 0.25) is 0 Å². The van der Waals surface area contributed by atoms with E-state index in [1.807, 2.05) is 6.92 Å². The monoisotopic (exact) mass is 300 g/mol. The SMILES string of the molecule is CCOCCCNc1sc(C(C)=O)c(N)c1C(=O)OC. The van der Waals surface area contributed by atoms with E-state index >= 15 is 0 Å². The lowest BCUT2D eigenvalue weighted by Gasteiger charge is -2.06. The number of ether oxygens (including phenoxy) is 2. The molecule has 1 rings (SSSR count). The number of thiophene rings is 1. The number of hydrogen-bond donors (Lipinski definition) is 2. The molecule has 0 atom stereocenters. The molecule has 0 aliphatic rings. The van der Waals surface area contributed by atoms with Crippen molar-refractivity contribution >= 4 is 33.8 Å². The molecule has 0 aliphatic carbocycles. The standard InChI is InChI=1S/C13H20N2O4S/c1-4-19-7-5-6-15-12-9(13(17)18-3)10(14)11(20-12)8(2)16/h15H,4-7,14H2,1-3H3. The van der Waals surface area contributed by atoms with Crippen LogP contribution in [0, 0.1) is 0 Å². The second-order valence-corrected chi connectivity index (χ2v) is 5.09. The first-order valence-electron chi connectivity index (χ1n) is 6.36. The third-order valence-corrected chi connectivity index (χ3v) is 3.87. The van der Waals surface area contributed by atoms with E-state index in [9.17, 15) is 9.59 Å². The molecule has 1 heterocycles. The van der Waals surface area contributed by atoms with Crippen LogP contribution in [0.15, 0.2) is 0 Å². The fourth-order valence-corrected chi connectivity index (χ4v) is 2.68. The molecule has 1 aromatic rings. The second-order valence-electron chi connectivity index (χ2n) is 4.07. The van der Waals surface area contributed by atoms with E-state index in [0.29, 0.717) is 29.6 Å². The van der Waals surface area contributed by atoms with Gasteiger partial charge in [-0.1, -0.05) is 0 Å². The van der Waals surface area contributed by atoms with Gasteiger partial charge in [0.05, 0.1) is 17.7 Å². The van der Waals surface area contributed by atoms with Crippen molar-refractivity contribution in [2.75, 3.05) is 37.9 Å².